The lowest BCUT2D eigenvalue weighted by molar-refractivity contribution is 0.271. The first-order chi connectivity index (χ1) is 6.27. The maximum atomic E-state index is 8.90. The van der Waals surface area contributed by atoms with Crippen LogP contribution in [0.4, 0.5) is 0 Å². The average molecular weight is 201 g/mol. The van der Waals surface area contributed by atoms with Crippen LogP contribution in [0.25, 0.3) is 0 Å². The number of aliphatic hydroxyl groups excluding tert-OH is 2. The largest absolute Gasteiger partial charge is 0.396 e. The van der Waals surface area contributed by atoms with E-state index in [2.05, 4.69) is 4.98 Å². The molecule has 0 aliphatic carbocycles. The minimum Gasteiger partial charge on any atom is -0.396 e. The van der Waals surface area contributed by atoms with Gasteiger partial charge in [-0.05, 0) is 6.42 Å². The number of rotatable bonds is 5. The maximum absolute atomic E-state index is 8.90. The lowest BCUT2D eigenvalue weighted by Crippen LogP contribution is -1.99. The molecule has 1 aromatic rings. The highest BCUT2D eigenvalue weighted by Gasteiger charge is 2.08. The van der Waals surface area contributed by atoms with E-state index in [1.165, 1.54) is 0 Å². The third kappa shape index (κ3) is 3.06. The van der Waals surface area contributed by atoms with Gasteiger partial charge in [0.1, 0.15) is 0 Å². The van der Waals surface area contributed by atoms with Gasteiger partial charge in [0.2, 0.25) is 0 Å². The molecular formula is C9H15NO2S. The molecule has 0 aliphatic rings. The molecule has 1 unspecified atom stereocenters. The molecule has 4 heteroatoms. The summed E-state index contributed by atoms with van der Waals surface area (Å²) in [4.78, 5) is 4.37. The average Bonchev–Trinajstić information content (AvgIpc) is 2.62. The van der Waals surface area contributed by atoms with Gasteiger partial charge in [0, 0.05) is 24.3 Å². The van der Waals surface area contributed by atoms with Gasteiger partial charge in [0.05, 0.1) is 17.3 Å². The summed E-state index contributed by atoms with van der Waals surface area (Å²) in [6.07, 6.45) is 1.60. The molecule has 13 heavy (non-hydrogen) atoms. The van der Waals surface area contributed by atoms with Crippen LogP contribution in [-0.2, 0) is 6.42 Å². The van der Waals surface area contributed by atoms with Gasteiger partial charge in [-0.15, -0.1) is 11.3 Å². The fourth-order valence-electron chi connectivity index (χ4n) is 0.990. The van der Waals surface area contributed by atoms with E-state index >= 15 is 0 Å². The summed E-state index contributed by atoms with van der Waals surface area (Å²) in [6, 6.07) is 0. The van der Waals surface area contributed by atoms with Crippen molar-refractivity contribution in [2.24, 2.45) is 0 Å². The van der Waals surface area contributed by atoms with Gasteiger partial charge in [-0.1, -0.05) is 6.92 Å². The molecule has 0 fully saturated rings. The molecule has 0 aromatic carbocycles. The predicted octanol–water partition coefficient (Wildman–Crippen LogP) is 1.16. The van der Waals surface area contributed by atoms with Crippen molar-refractivity contribution >= 4 is 11.3 Å². The molecule has 1 atom stereocenters. The summed E-state index contributed by atoms with van der Waals surface area (Å²) in [5, 5.41) is 20.6. The van der Waals surface area contributed by atoms with Crippen molar-refractivity contribution in [2.75, 3.05) is 13.2 Å². The number of nitrogens with zero attached hydrogens (tertiary/aromatic N) is 1. The number of thiazole rings is 1. The lowest BCUT2D eigenvalue weighted by atomic mass is 10.1. The smallest absolute Gasteiger partial charge is 0.0929 e. The Hall–Kier alpha value is -0.450. The molecule has 1 heterocycles. The first-order valence-corrected chi connectivity index (χ1v) is 5.32. The fraction of sp³-hybridized carbons (Fsp3) is 0.667. The van der Waals surface area contributed by atoms with Crippen LogP contribution in [0.3, 0.4) is 0 Å². The van der Waals surface area contributed by atoms with E-state index in [0.29, 0.717) is 0 Å². The normalized spacial score (nSPS) is 13.2. The number of aryl methyl sites for hydroxylation is 1. The Morgan fingerprint density at radius 2 is 2.31 bits per heavy atom. The van der Waals surface area contributed by atoms with Crippen LogP contribution < -0.4 is 0 Å². The topological polar surface area (TPSA) is 53.4 Å². The zero-order valence-electron chi connectivity index (χ0n) is 7.73. The van der Waals surface area contributed by atoms with Crippen molar-refractivity contribution in [3.8, 4) is 0 Å². The van der Waals surface area contributed by atoms with Gasteiger partial charge >= 0.3 is 0 Å². The van der Waals surface area contributed by atoms with E-state index in [1.54, 1.807) is 11.3 Å². The molecule has 0 spiro atoms. The van der Waals surface area contributed by atoms with Gasteiger partial charge < -0.3 is 10.2 Å². The maximum Gasteiger partial charge on any atom is 0.0929 e. The van der Waals surface area contributed by atoms with Crippen molar-refractivity contribution in [3.05, 3.63) is 16.1 Å². The SMILES string of the molecule is CC(CO)c1csc(CCCO)n1. The van der Waals surface area contributed by atoms with Gasteiger partial charge in [-0.25, -0.2) is 4.98 Å². The third-order valence-electron chi connectivity index (χ3n) is 1.90. The lowest BCUT2D eigenvalue weighted by Gasteiger charge is -2.01. The van der Waals surface area contributed by atoms with Gasteiger partial charge in [-0.3, -0.25) is 0 Å². The monoisotopic (exact) mass is 201 g/mol. The van der Waals surface area contributed by atoms with E-state index in [-0.39, 0.29) is 19.1 Å². The fourth-order valence-corrected chi connectivity index (χ4v) is 1.95. The molecule has 2 N–H and O–H groups in total. The number of hydrogen-bond donors (Lipinski definition) is 2. The van der Waals surface area contributed by atoms with Crippen molar-refractivity contribution in [1.82, 2.24) is 4.98 Å². The van der Waals surface area contributed by atoms with E-state index in [4.69, 9.17) is 10.2 Å². The van der Waals surface area contributed by atoms with Crippen LogP contribution in [-0.4, -0.2) is 28.4 Å². The predicted molar refractivity (Wildman–Crippen MR) is 53.0 cm³/mol. The number of hydrogen-bond acceptors (Lipinski definition) is 4. The second kappa shape index (κ2) is 5.32. The summed E-state index contributed by atoms with van der Waals surface area (Å²) in [5.74, 6) is 0.124. The van der Waals surface area contributed by atoms with Gasteiger partial charge in [0.15, 0.2) is 0 Å². The van der Waals surface area contributed by atoms with E-state index in [1.807, 2.05) is 12.3 Å². The zero-order chi connectivity index (χ0) is 9.68. The van der Waals surface area contributed by atoms with Crippen LogP contribution in [0, 0.1) is 0 Å². The van der Waals surface area contributed by atoms with Crippen LogP contribution in [0.1, 0.15) is 30.0 Å². The minimum absolute atomic E-state index is 0.124. The molecule has 0 saturated carbocycles. The van der Waals surface area contributed by atoms with Crippen molar-refractivity contribution < 1.29 is 10.2 Å². The molecule has 0 amide bonds. The van der Waals surface area contributed by atoms with Crippen LogP contribution in [0.2, 0.25) is 0 Å². The molecule has 0 radical (unpaired) electrons. The second-order valence-electron chi connectivity index (χ2n) is 3.08. The molecule has 0 aliphatic heterocycles. The Kier molecular flexibility index (Phi) is 4.35. The molecule has 0 bridgehead atoms. The first-order valence-electron chi connectivity index (χ1n) is 4.44. The summed E-state index contributed by atoms with van der Waals surface area (Å²) < 4.78 is 0. The first kappa shape index (κ1) is 10.6. The summed E-state index contributed by atoms with van der Waals surface area (Å²) >= 11 is 1.60. The highest BCUT2D eigenvalue weighted by atomic mass is 32.1. The van der Waals surface area contributed by atoms with Crippen molar-refractivity contribution in [2.45, 2.75) is 25.7 Å². The molecule has 74 valence electrons. The van der Waals surface area contributed by atoms with Gasteiger partial charge in [-0.2, -0.15) is 0 Å². The van der Waals surface area contributed by atoms with E-state index in [0.717, 1.165) is 23.5 Å². The second-order valence-corrected chi connectivity index (χ2v) is 4.02. The highest BCUT2D eigenvalue weighted by Crippen LogP contribution is 2.18. The van der Waals surface area contributed by atoms with E-state index < -0.39 is 0 Å². The molecule has 1 aromatic heterocycles. The van der Waals surface area contributed by atoms with Gasteiger partial charge in [0.25, 0.3) is 0 Å². The number of aliphatic hydroxyl groups is 2. The van der Waals surface area contributed by atoms with Crippen LogP contribution in [0.5, 0.6) is 0 Å². The Bertz CT molecular complexity index is 250. The Morgan fingerprint density at radius 1 is 1.54 bits per heavy atom. The summed E-state index contributed by atoms with van der Waals surface area (Å²) in [7, 11) is 0. The number of aromatic nitrogens is 1. The third-order valence-corrected chi connectivity index (χ3v) is 2.82. The molecule has 3 nitrogen and oxygen atoms in total. The molecular weight excluding hydrogens is 186 g/mol. The summed E-state index contributed by atoms with van der Waals surface area (Å²) in [5.41, 5.74) is 0.959. The minimum atomic E-state index is 0.124. The Morgan fingerprint density at radius 3 is 2.92 bits per heavy atom. The molecule has 0 saturated heterocycles. The highest BCUT2D eigenvalue weighted by molar-refractivity contribution is 7.09. The quantitative estimate of drug-likeness (QED) is 0.751. The van der Waals surface area contributed by atoms with Crippen LogP contribution in [0.15, 0.2) is 5.38 Å². The zero-order valence-corrected chi connectivity index (χ0v) is 8.55. The molecule has 1 rings (SSSR count). The Balaban J connectivity index is 2.53. The summed E-state index contributed by atoms with van der Waals surface area (Å²) in [6.45, 7) is 2.30. The van der Waals surface area contributed by atoms with Crippen LogP contribution >= 0.6 is 11.3 Å². The Labute approximate surface area is 82.1 Å². The van der Waals surface area contributed by atoms with Crippen molar-refractivity contribution in [3.63, 3.8) is 0 Å². The standard InChI is InChI=1S/C9H15NO2S/c1-7(5-12)8-6-13-9(10-8)3-2-4-11/h6-7,11-12H,2-5H2,1H3. The van der Waals surface area contributed by atoms with E-state index in [9.17, 15) is 0 Å². The van der Waals surface area contributed by atoms with Crippen molar-refractivity contribution in [1.29, 1.82) is 0 Å².